The van der Waals surface area contributed by atoms with Crippen molar-refractivity contribution < 1.29 is 0 Å². The molecule has 0 N–H and O–H groups in total. The molecule has 1 aromatic carbocycles. The van der Waals surface area contributed by atoms with Gasteiger partial charge in [-0.05, 0) is 42.8 Å². The van der Waals surface area contributed by atoms with E-state index < -0.39 is 0 Å². The predicted octanol–water partition coefficient (Wildman–Crippen LogP) is 5.57. The summed E-state index contributed by atoms with van der Waals surface area (Å²) in [5.74, 6) is 0. The Labute approximate surface area is 132 Å². The van der Waals surface area contributed by atoms with Gasteiger partial charge in [0.1, 0.15) is 9.86 Å². The van der Waals surface area contributed by atoms with Gasteiger partial charge in [-0.1, -0.05) is 33.8 Å². The number of aromatic nitrogens is 2. The first kappa shape index (κ1) is 13.4. The van der Waals surface area contributed by atoms with E-state index in [4.69, 9.17) is 11.6 Å². The summed E-state index contributed by atoms with van der Waals surface area (Å²) in [4.78, 5) is 11.9. The van der Waals surface area contributed by atoms with Crippen molar-refractivity contribution in [3.05, 3.63) is 45.0 Å². The third-order valence-corrected chi connectivity index (χ3v) is 5.07. The smallest absolute Gasteiger partial charge is 0.210 e. The number of hydrogen-bond donors (Lipinski definition) is 0. The molecule has 3 rings (SSSR count). The summed E-state index contributed by atoms with van der Waals surface area (Å²) in [6.07, 6.45) is 0. The molecular formula is C13H8BrClN2S2. The van der Waals surface area contributed by atoms with E-state index in [9.17, 15) is 0 Å². The second-order valence-corrected chi connectivity index (χ2v) is 7.48. The van der Waals surface area contributed by atoms with E-state index in [0.717, 1.165) is 24.6 Å². The number of rotatable bonds is 2. The number of fused-ring (bicyclic) bond motifs is 1. The van der Waals surface area contributed by atoms with Crippen LogP contribution in [-0.2, 0) is 0 Å². The van der Waals surface area contributed by atoms with Crippen molar-refractivity contribution in [2.75, 3.05) is 0 Å². The Bertz CT molecular complexity index is 757. The molecule has 2 aromatic heterocycles. The molecule has 2 nitrogen and oxygen atoms in total. The minimum Gasteiger partial charge on any atom is -0.210 e. The summed E-state index contributed by atoms with van der Waals surface area (Å²) < 4.78 is 1.05. The van der Waals surface area contributed by atoms with Crippen LogP contribution in [0.15, 0.2) is 44.7 Å². The van der Waals surface area contributed by atoms with E-state index in [0.29, 0.717) is 5.28 Å². The van der Waals surface area contributed by atoms with Crippen molar-refractivity contribution in [3.8, 4) is 0 Å². The molecule has 0 saturated heterocycles. The zero-order valence-corrected chi connectivity index (χ0v) is 13.8. The van der Waals surface area contributed by atoms with Gasteiger partial charge in [-0.15, -0.1) is 11.3 Å². The van der Waals surface area contributed by atoms with Gasteiger partial charge in [0, 0.05) is 19.6 Å². The van der Waals surface area contributed by atoms with E-state index in [-0.39, 0.29) is 0 Å². The molecule has 0 spiro atoms. The fourth-order valence-electron chi connectivity index (χ4n) is 1.71. The minimum atomic E-state index is 0.298. The normalized spacial score (nSPS) is 11.1. The van der Waals surface area contributed by atoms with Crippen molar-refractivity contribution in [1.82, 2.24) is 9.97 Å². The quantitative estimate of drug-likeness (QED) is 0.435. The number of aryl methyl sites for hydroxylation is 1. The van der Waals surface area contributed by atoms with Crippen molar-refractivity contribution >= 4 is 60.8 Å². The van der Waals surface area contributed by atoms with Gasteiger partial charge in [0.25, 0.3) is 0 Å². The number of thiophene rings is 1. The highest BCUT2D eigenvalue weighted by Gasteiger charge is 2.11. The van der Waals surface area contributed by atoms with Crippen LogP contribution in [0.1, 0.15) is 4.88 Å². The van der Waals surface area contributed by atoms with Gasteiger partial charge in [-0.3, -0.25) is 0 Å². The van der Waals surface area contributed by atoms with Crippen LogP contribution in [0.4, 0.5) is 0 Å². The first-order chi connectivity index (χ1) is 9.11. The molecule has 0 unspecified atom stereocenters. The van der Waals surface area contributed by atoms with Crippen LogP contribution in [0.5, 0.6) is 0 Å². The average molecular weight is 372 g/mol. The van der Waals surface area contributed by atoms with Crippen LogP contribution in [0, 0.1) is 6.92 Å². The number of nitrogens with zero attached hydrogens (tertiary/aromatic N) is 2. The first-order valence-electron chi connectivity index (χ1n) is 5.49. The minimum absolute atomic E-state index is 0.298. The Morgan fingerprint density at radius 2 is 2.11 bits per heavy atom. The largest absolute Gasteiger partial charge is 0.224 e. The Hall–Kier alpha value is -0.620. The molecule has 0 bridgehead atoms. The highest BCUT2D eigenvalue weighted by Crippen LogP contribution is 2.36. The van der Waals surface area contributed by atoms with Crippen molar-refractivity contribution in [3.63, 3.8) is 0 Å². The first-order valence-corrected chi connectivity index (χ1v) is 8.29. The second-order valence-electron chi connectivity index (χ2n) is 3.93. The predicted molar refractivity (Wildman–Crippen MR) is 85.4 cm³/mol. The standard InChI is InChI=1S/C13H8BrClN2S2/c1-7-5-10-11(18-7)16-13(15)17-12(10)19-9-4-2-3-8(14)6-9/h2-6H,1H3. The lowest BCUT2D eigenvalue weighted by Crippen LogP contribution is -1.86. The molecule has 0 fully saturated rings. The molecule has 2 heterocycles. The van der Waals surface area contributed by atoms with Crippen molar-refractivity contribution in [2.24, 2.45) is 0 Å². The zero-order chi connectivity index (χ0) is 13.4. The maximum Gasteiger partial charge on any atom is 0.224 e. The highest BCUT2D eigenvalue weighted by atomic mass is 79.9. The lowest BCUT2D eigenvalue weighted by atomic mass is 10.4. The lowest BCUT2D eigenvalue weighted by molar-refractivity contribution is 1.11. The van der Waals surface area contributed by atoms with Gasteiger partial charge < -0.3 is 0 Å². The molecule has 19 heavy (non-hydrogen) atoms. The SMILES string of the molecule is Cc1cc2c(Sc3cccc(Br)c3)nc(Cl)nc2s1. The average Bonchev–Trinajstić information content (AvgIpc) is 2.69. The van der Waals surface area contributed by atoms with Crippen LogP contribution in [0.2, 0.25) is 5.28 Å². The Morgan fingerprint density at radius 3 is 2.89 bits per heavy atom. The molecule has 96 valence electrons. The zero-order valence-electron chi connectivity index (χ0n) is 9.85. The monoisotopic (exact) mass is 370 g/mol. The summed E-state index contributed by atoms with van der Waals surface area (Å²) >= 11 is 12.7. The molecule has 0 aliphatic rings. The summed E-state index contributed by atoms with van der Waals surface area (Å²) in [7, 11) is 0. The third kappa shape index (κ3) is 2.94. The molecule has 0 amide bonds. The van der Waals surface area contributed by atoms with Gasteiger partial charge in [0.2, 0.25) is 5.28 Å². The van der Waals surface area contributed by atoms with Crippen LogP contribution in [0.3, 0.4) is 0 Å². The molecule has 0 radical (unpaired) electrons. The molecule has 3 aromatic rings. The van der Waals surface area contributed by atoms with E-state index in [1.54, 1.807) is 23.1 Å². The summed E-state index contributed by atoms with van der Waals surface area (Å²) in [6.45, 7) is 2.06. The van der Waals surface area contributed by atoms with Gasteiger partial charge in [-0.25, -0.2) is 9.97 Å². The van der Waals surface area contributed by atoms with Crippen LogP contribution < -0.4 is 0 Å². The summed E-state index contributed by atoms with van der Waals surface area (Å²) in [5.41, 5.74) is 0. The lowest BCUT2D eigenvalue weighted by Gasteiger charge is -2.03. The fraction of sp³-hybridized carbons (Fsp3) is 0.0769. The summed E-state index contributed by atoms with van der Waals surface area (Å²) in [6, 6.07) is 10.2. The van der Waals surface area contributed by atoms with Crippen molar-refractivity contribution in [1.29, 1.82) is 0 Å². The number of hydrogen-bond acceptors (Lipinski definition) is 4. The maximum atomic E-state index is 5.99. The van der Waals surface area contributed by atoms with E-state index in [1.807, 2.05) is 12.1 Å². The van der Waals surface area contributed by atoms with Gasteiger partial charge in [0.05, 0.1) is 0 Å². The number of benzene rings is 1. The molecule has 0 saturated carbocycles. The van der Waals surface area contributed by atoms with E-state index in [2.05, 4.69) is 51.0 Å². The second kappa shape index (κ2) is 5.40. The Morgan fingerprint density at radius 1 is 1.26 bits per heavy atom. The Balaban J connectivity index is 2.09. The van der Waals surface area contributed by atoms with E-state index >= 15 is 0 Å². The number of halogens is 2. The van der Waals surface area contributed by atoms with Gasteiger partial charge in [-0.2, -0.15) is 0 Å². The molecule has 0 aliphatic heterocycles. The Kier molecular flexibility index (Phi) is 3.80. The topological polar surface area (TPSA) is 25.8 Å². The van der Waals surface area contributed by atoms with Crippen LogP contribution >= 0.6 is 50.6 Å². The molecular weight excluding hydrogens is 364 g/mol. The molecule has 0 aliphatic carbocycles. The third-order valence-electron chi connectivity index (χ3n) is 2.46. The van der Waals surface area contributed by atoms with Crippen LogP contribution in [0.25, 0.3) is 10.2 Å². The van der Waals surface area contributed by atoms with Gasteiger partial charge in [0.15, 0.2) is 0 Å². The van der Waals surface area contributed by atoms with Crippen molar-refractivity contribution in [2.45, 2.75) is 16.8 Å². The fourth-order valence-corrected chi connectivity index (χ4v) is 4.43. The van der Waals surface area contributed by atoms with Gasteiger partial charge >= 0.3 is 0 Å². The summed E-state index contributed by atoms with van der Waals surface area (Å²) in [5, 5.41) is 2.26. The van der Waals surface area contributed by atoms with Crippen LogP contribution in [-0.4, -0.2) is 9.97 Å². The highest BCUT2D eigenvalue weighted by molar-refractivity contribution is 9.10. The molecule has 0 atom stereocenters. The molecule has 6 heteroatoms. The maximum absolute atomic E-state index is 5.99. The van der Waals surface area contributed by atoms with E-state index in [1.165, 1.54) is 4.88 Å².